The lowest BCUT2D eigenvalue weighted by molar-refractivity contribution is 0.125. The van der Waals surface area contributed by atoms with Crippen LogP contribution in [0.5, 0.6) is 0 Å². The van der Waals surface area contributed by atoms with Gasteiger partial charge in [0, 0.05) is 24.1 Å². The first-order valence-electron chi connectivity index (χ1n) is 9.71. The predicted molar refractivity (Wildman–Crippen MR) is 118 cm³/mol. The third kappa shape index (κ3) is 5.43. The van der Waals surface area contributed by atoms with Crippen LogP contribution in [-0.2, 0) is 27.9 Å². The Morgan fingerprint density at radius 2 is 1.86 bits per heavy atom. The molecule has 3 aromatic rings. The molecule has 0 bridgehead atoms. The van der Waals surface area contributed by atoms with Gasteiger partial charge in [0.05, 0.1) is 17.3 Å². The normalized spacial score (nSPS) is 12.2. The molecule has 0 radical (unpaired) electrons. The summed E-state index contributed by atoms with van der Waals surface area (Å²) >= 11 is 0. The summed E-state index contributed by atoms with van der Waals surface area (Å²) in [5.74, 6) is 1.02. The van der Waals surface area contributed by atoms with Gasteiger partial charge in [0.2, 0.25) is 10.0 Å². The van der Waals surface area contributed by atoms with Crippen molar-refractivity contribution in [1.82, 2.24) is 19.3 Å². The fourth-order valence-corrected chi connectivity index (χ4v) is 4.38. The number of para-hydroxylation sites is 1. The molecule has 29 heavy (non-hydrogen) atoms. The predicted octanol–water partition coefficient (Wildman–Crippen LogP) is 3.06. The Balaban J connectivity index is 0.00000145. The molecule has 0 unspecified atom stereocenters. The molecule has 0 saturated heterocycles. The van der Waals surface area contributed by atoms with Crippen molar-refractivity contribution in [2.45, 2.75) is 53.3 Å². The minimum absolute atomic E-state index is 0.300. The van der Waals surface area contributed by atoms with E-state index in [1.165, 1.54) is 0 Å². The number of aromatic nitrogens is 3. The van der Waals surface area contributed by atoms with Gasteiger partial charge in [-0.15, -0.1) is 0 Å². The van der Waals surface area contributed by atoms with Crippen LogP contribution in [0.1, 0.15) is 40.4 Å². The lowest BCUT2D eigenvalue weighted by Gasteiger charge is -2.27. The maximum Gasteiger partial charge on any atom is 0.209 e. The molecule has 0 aliphatic carbocycles. The molecular formula is C20H31N5O3S. The van der Waals surface area contributed by atoms with E-state index in [9.17, 15) is 8.42 Å². The summed E-state index contributed by atoms with van der Waals surface area (Å²) in [6.07, 6.45) is 1.15. The van der Waals surface area contributed by atoms with Gasteiger partial charge in [-0.05, 0) is 26.8 Å². The molecule has 2 heterocycles. The lowest BCUT2D eigenvalue weighted by atomic mass is 10.1. The second-order valence-corrected chi connectivity index (χ2v) is 8.97. The summed E-state index contributed by atoms with van der Waals surface area (Å²) < 4.78 is 33.8. The lowest BCUT2D eigenvalue weighted by Crippen LogP contribution is -2.46. The number of sulfonamides is 1. The van der Waals surface area contributed by atoms with Crippen molar-refractivity contribution in [2.24, 2.45) is 0 Å². The highest BCUT2D eigenvalue weighted by Crippen LogP contribution is 2.30. The summed E-state index contributed by atoms with van der Waals surface area (Å²) in [7, 11) is -3.37. The molecule has 1 aromatic carbocycles. The molecule has 3 rings (SSSR count). The highest BCUT2D eigenvalue weighted by molar-refractivity contribution is 7.88. The van der Waals surface area contributed by atoms with Gasteiger partial charge in [0.1, 0.15) is 17.9 Å². The van der Waals surface area contributed by atoms with Gasteiger partial charge in [-0.3, -0.25) is 0 Å². The zero-order chi connectivity index (χ0) is 21.8. The standard InChI is InChI=1S/C18H25N5O3S.C2H6/c1-5-26-10-14-21-15-16(12-8-6-7-9-13(12)20-17(15)19)23(14)11-18(2,3)22-27(4,24)25;1-2/h6-9,22H,5,10-11H2,1-4H3,(H2,19,20);1-2H3. The van der Waals surface area contributed by atoms with Crippen molar-refractivity contribution in [2.75, 3.05) is 18.6 Å². The van der Waals surface area contributed by atoms with E-state index in [1.807, 2.05) is 63.5 Å². The third-order valence-corrected chi connectivity index (χ3v) is 5.06. The fraction of sp³-hybridized carbons (Fsp3) is 0.500. The van der Waals surface area contributed by atoms with E-state index >= 15 is 0 Å². The number of nitrogen functional groups attached to an aromatic ring is 1. The van der Waals surface area contributed by atoms with Crippen molar-refractivity contribution in [3.8, 4) is 0 Å². The quantitative estimate of drug-likeness (QED) is 0.606. The Morgan fingerprint density at radius 1 is 1.21 bits per heavy atom. The average Bonchev–Trinajstić information content (AvgIpc) is 2.98. The molecule has 0 saturated carbocycles. The minimum atomic E-state index is -3.37. The van der Waals surface area contributed by atoms with Crippen LogP contribution in [0.25, 0.3) is 21.9 Å². The van der Waals surface area contributed by atoms with Gasteiger partial charge in [0.15, 0.2) is 5.82 Å². The number of pyridine rings is 1. The zero-order valence-corrected chi connectivity index (χ0v) is 18.8. The Labute approximate surface area is 172 Å². The van der Waals surface area contributed by atoms with Crippen LogP contribution in [0.3, 0.4) is 0 Å². The number of nitrogens with two attached hydrogens (primary N) is 1. The molecule has 3 N–H and O–H groups in total. The van der Waals surface area contributed by atoms with Crippen molar-refractivity contribution in [1.29, 1.82) is 0 Å². The Hall–Kier alpha value is -2.23. The van der Waals surface area contributed by atoms with E-state index in [-0.39, 0.29) is 0 Å². The van der Waals surface area contributed by atoms with Gasteiger partial charge < -0.3 is 15.0 Å². The van der Waals surface area contributed by atoms with Crippen molar-refractivity contribution < 1.29 is 13.2 Å². The Bertz CT molecular complexity index is 1090. The first-order chi connectivity index (χ1) is 13.6. The highest BCUT2D eigenvalue weighted by atomic mass is 32.2. The van der Waals surface area contributed by atoms with E-state index in [4.69, 9.17) is 10.5 Å². The first kappa shape index (κ1) is 23.1. The van der Waals surface area contributed by atoms with Crippen LogP contribution >= 0.6 is 0 Å². The summed E-state index contributed by atoms with van der Waals surface area (Å²) in [5, 5.41) is 0.909. The van der Waals surface area contributed by atoms with Crippen molar-refractivity contribution in [3.05, 3.63) is 30.1 Å². The zero-order valence-electron chi connectivity index (χ0n) is 18.0. The number of nitrogens with one attached hydrogen (secondary N) is 1. The van der Waals surface area contributed by atoms with Crippen LogP contribution < -0.4 is 10.5 Å². The Morgan fingerprint density at radius 3 is 2.48 bits per heavy atom. The van der Waals surface area contributed by atoms with Gasteiger partial charge >= 0.3 is 0 Å². The van der Waals surface area contributed by atoms with Crippen LogP contribution in [0.4, 0.5) is 5.82 Å². The van der Waals surface area contributed by atoms with Crippen LogP contribution in [0.15, 0.2) is 24.3 Å². The third-order valence-electron chi connectivity index (χ3n) is 4.14. The number of fused-ring (bicyclic) bond motifs is 3. The topological polar surface area (TPSA) is 112 Å². The van der Waals surface area contributed by atoms with Gasteiger partial charge in [0.25, 0.3) is 0 Å². The molecule has 8 nitrogen and oxygen atoms in total. The SMILES string of the molecule is CC.CCOCc1nc2c(N)nc3ccccc3c2n1CC(C)(C)NS(C)(=O)=O. The molecule has 0 amide bonds. The van der Waals surface area contributed by atoms with E-state index in [0.29, 0.717) is 36.9 Å². The number of benzene rings is 1. The summed E-state index contributed by atoms with van der Waals surface area (Å²) in [6.45, 7) is 10.8. The number of ether oxygens (including phenoxy) is 1. The summed E-state index contributed by atoms with van der Waals surface area (Å²) in [6, 6.07) is 7.69. The van der Waals surface area contributed by atoms with Gasteiger partial charge in [-0.1, -0.05) is 32.0 Å². The van der Waals surface area contributed by atoms with E-state index in [1.54, 1.807) is 0 Å². The van der Waals surface area contributed by atoms with E-state index < -0.39 is 15.6 Å². The number of anilines is 1. The first-order valence-corrected chi connectivity index (χ1v) is 11.6. The molecule has 0 fully saturated rings. The molecule has 9 heteroatoms. The molecule has 160 valence electrons. The monoisotopic (exact) mass is 421 g/mol. The maximum absolute atomic E-state index is 11.8. The highest BCUT2D eigenvalue weighted by Gasteiger charge is 2.26. The van der Waals surface area contributed by atoms with Crippen LogP contribution in [0, 0.1) is 0 Å². The summed E-state index contributed by atoms with van der Waals surface area (Å²) in [5.41, 5.74) is 7.61. The molecule has 0 spiro atoms. The smallest absolute Gasteiger partial charge is 0.209 e. The number of nitrogens with zero attached hydrogens (tertiary/aromatic N) is 3. The van der Waals surface area contributed by atoms with E-state index in [2.05, 4.69) is 14.7 Å². The van der Waals surface area contributed by atoms with Gasteiger partial charge in [-0.2, -0.15) is 0 Å². The minimum Gasteiger partial charge on any atom is -0.382 e. The van der Waals surface area contributed by atoms with Crippen molar-refractivity contribution in [3.63, 3.8) is 0 Å². The second kappa shape index (κ2) is 9.06. The number of hydrogen-bond donors (Lipinski definition) is 2. The summed E-state index contributed by atoms with van der Waals surface area (Å²) in [4.78, 5) is 9.10. The number of rotatable bonds is 7. The number of imidazole rings is 1. The van der Waals surface area contributed by atoms with E-state index in [0.717, 1.165) is 22.7 Å². The van der Waals surface area contributed by atoms with Gasteiger partial charge in [-0.25, -0.2) is 23.1 Å². The Kier molecular flexibility index (Phi) is 7.20. The molecule has 0 aliphatic heterocycles. The largest absolute Gasteiger partial charge is 0.382 e. The molecule has 0 atom stereocenters. The van der Waals surface area contributed by atoms with Crippen LogP contribution in [-0.4, -0.2) is 41.4 Å². The molecule has 2 aromatic heterocycles. The van der Waals surface area contributed by atoms with Crippen molar-refractivity contribution >= 4 is 37.8 Å². The molecular weight excluding hydrogens is 390 g/mol. The van der Waals surface area contributed by atoms with Crippen LogP contribution in [0.2, 0.25) is 0 Å². The maximum atomic E-state index is 11.8. The second-order valence-electron chi connectivity index (χ2n) is 7.22. The number of hydrogen-bond acceptors (Lipinski definition) is 6. The average molecular weight is 422 g/mol. The molecule has 0 aliphatic rings. The fourth-order valence-electron chi connectivity index (χ4n) is 3.31.